The highest BCUT2D eigenvalue weighted by molar-refractivity contribution is 6.11. The van der Waals surface area contributed by atoms with E-state index in [0.29, 0.717) is 6.42 Å². The van der Waals surface area contributed by atoms with E-state index in [4.69, 9.17) is 0 Å². The lowest BCUT2D eigenvalue weighted by atomic mass is 9.93. The van der Waals surface area contributed by atoms with Crippen molar-refractivity contribution in [3.8, 4) is 0 Å². The van der Waals surface area contributed by atoms with Gasteiger partial charge in [0.1, 0.15) is 0 Å². The van der Waals surface area contributed by atoms with Crippen molar-refractivity contribution in [1.29, 1.82) is 0 Å². The lowest BCUT2D eigenvalue weighted by molar-refractivity contribution is -0.113. The Morgan fingerprint density at radius 1 is 0.678 bits per heavy atom. The monoisotopic (exact) mass is 760 g/mol. The molecule has 5 aromatic carbocycles. The smallest absolute Gasteiger partial charge is 0.255 e. The number of hydrogen-bond donors (Lipinski definition) is 0. The molecule has 0 fully saturated rings. The van der Waals surface area contributed by atoms with Crippen molar-refractivity contribution in [2.75, 3.05) is 4.90 Å². The zero-order valence-corrected chi connectivity index (χ0v) is 33.0. The number of fused-ring (bicyclic) bond motifs is 6. The van der Waals surface area contributed by atoms with Gasteiger partial charge in [-0.15, -0.1) is 0 Å². The molecule has 0 saturated heterocycles. The van der Waals surface area contributed by atoms with Crippen molar-refractivity contribution in [2.24, 2.45) is 0 Å². The lowest BCUT2D eigenvalue weighted by Crippen LogP contribution is -2.28. The van der Waals surface area contributed by atoms with Crippen LogP contribution in [-0.2, 0) is 17.6 Å². The van der Waals surface area contributed by atoms with Crippen LogP contribution in [0.1, 0.15) is 52.8 Å². The van der Waals surface area contributed by atoms with Crippen LogP contribution in [0, 0.1) is 0 Å². The molecule has 6 aromatic rings. The fourth-order valence-corrected chi connectivity index (χ4v) is 9.05. The standard InChI is InChI=1S/C56H44N2O/c1-39(43-24-13-21-40-16-5-6-18-44(40)36-43)32-35-55(59)58(52-31-15-23-41-17-9-10-28-49(41)52)48-27-14-22-42(33-34-48)51-37-45-19-7-8-20-46(45)38-54-56(51)50-29-11-12-30-53(50)57(54)47-25-3-2-4-26-47/h3,5-33,35,37H,1-2,4,34,36,38H2/b35-32-. The van der Waals surface area contributed by atoms with Crippen molar-refractivity contribution >= 4 is 56.7 Å². The summed E-state index contributed by atoms with van der Waals surface area (Å²) in [5.74, 6) is -0.119. The number of aromatic nitrogens is 1. The number of carbonyl (C=O) groups is 1. The molecular formula is C56H44N2O. The van der Waals surface area contributed by atoms with Crippen LogP contribution in [0.4, 0.5) is 5.69 Å². The van der Waals surface area contributed by atoms with Crippen molar-refractivity contribution in [3.63, 3.8) is 0 Å². The van der Waals surface area contributed by atoms with Gasteiger partial charge < -0.3 is 4.57 Å². The number of benzene rings is 5. The second-order valence-corrected chi connectivity index (χ2v) is 15.6. The zero-order chi connectivity index (χ0) is 39.7. The number of carbonyl (C=O) groups excluding carboxylic acids is 1. The fourth-order valence-electron chi connectivity index (χ4n) is 9.05. The van der Waals surface area contributed by atoms with Crippen LogP contribution in [0.5, 0.6) is 0 Å². The Kier molecular flexibility index (Phi) is 9.56. The summed E-state index contributed by atoms with van der Waals surface area (Å²) < 4.78 is 2.49. The van der Waals surface area contributed by atoms with Crippen LogP contribution in [0.15, 0.2) is 211 Å². The van der Waals surface area contributed by atoms with E-state index in [1.807, 2.05) is 29.2 Å². The van der Waals surface area contributed by atoms with E-state index in [1.165, 1.54) is 55.7 Å². The number of anilines is 1. The Labute approximate surface area is 346 Å². The highest BCUT2D eigenvalue weighted by Gasteiger charge is 2.27. The molecule has 0 radical (unpaired) electrons. The summed E-state index contributed by atoms with van der Waals surface area (Å²) >= 11 is 0. The highest BCUT2D eigenvalue weighted by Crippen LogP contribution is 2.44. The number of para-hydroxylation sites is 1. The van der Waals surface area contributed by atoms with Crippen molar-refractivity contribution in [3.05, 3.63) is 245 Å². The van der Waals surface area contributed by atoms with Gasteiger partial charge in [-0.1, -0.05) is 158 Å². The number of amides is 1. The highest BCUT2D eigenvalue weighted by atomic mass is 16.2. The third-order valence-electron chi connectivity index (χ3n) is 12.0. The topological polar surface area (TPSA) is 25.2 Å². The molecule has 3 nitrogen and oxygen atoms in total. The van der Waals surface area contributed by atoms with E-state index in [0.717, 1.165) is 64.6 Å². The van der Waals surface area contributed by atoms with Crippen molar-refractivity contribution in [2.45, 2.75) is 32.1 Å². The van der Waals surface area contributed by atoms with E-state index < -0.39 is 0 Å². The van der Waals surface area contributed by atoms with E-state index in [2.05, 4.69) is 175 Å². The van der Waals surface area contributed by atoms with E-state index >= 15 is 0 Å². The van der Waals surface area contributed by atoms with Gasteiger partial charge >= 0.3 is 0 Å². The van der Waals surface area contributed by atoms with Crippen LogP contribution in [0.2, 0.25) is 0 Å². The minimum Gasteiger partial charge on any atom is -0.313 e. The molecule has 0 unspecified atom stereocenters. The molecule has 3 heteroatoms. The van der Waals surface area contributed by atoms with Crippen molar-refractivity contribution in [1.82, 2.24) is 4.57 Å². The molecule has 0 atom stereocenters. The van der Waals surface area contributed by atoms with Crippen molar-refractivity contribution < 1.29 is 4.79 Å². The minimum absolute atomic E-state index is 0.119. The van der Waals surface area contributed by atoms with Crippen LogP contribution in [-0.4, -0.2) is 10.5 Å². The second-order valence-electron chi connectivity index (χ2n) is 15.6. The van der Waals surface area contributed by atoms with Gasteiger partial charge in [0.25, 0.3) is 5.91 Å². The Balaban J connectivity index is 1.04. The minimum atomic E-state index is -0.119. The molecule has 4 aliphatic rings. The van der Waals surface area contributed by atoms with Crippen LogP contribution >= 0.6 is 0 Å². The Bertz CT molecular complexity index is 2990. The first-order valence-electron chi connectivity index (χ1n) is 20.6. The summed E-state index contributed by atoms with van der Waals surface area (Å²) in [4.78, 5) is 16.6. The molecule has 0 bridgehead atoms. The summed E-state index contributed by atoms with van der Waals surface area (Å²) in [7, 11) is 0. The Morgan fingerprint density at radius 2 is 1.42 bits per heavy atom. The van der Waals surface area contributed by atoms with Gasteiger partial charge in [-0.25, -0.2) is 0 Å². The average molecular weight is 761 g/mol. The SMILES string of the molecule is C=C(/C=C\C(=O)N(C1=CC=CC(C2=Cc3ccccc3Cc3c2c2ccccc2n3C2=CCCC=C2)=CC1)c1cccc2ccccc12)C1=CC=Cc2ccccc2C1. The first-order valence-corrected chi connectivity index (χ1v) is 20.6. The second kappa shape index (κ2) is 15.6. The van der Waals surface area contributed by atoms with Gasteiger partial charge in [-0.3, -0.25) is 9.69 Å². The van der Waals surface area contributed by atoms with Gasteiger partial charge in [0, 0.05) is 52.3 Å². The summed E-state index contributed by atoms with van der Waals surface area (Å²) in [5.41, 5.74) is 16.0. The summed E-state index contributed by atoms with van der Waals surface area (Å²) in [6.07, 6.45) is 32.2. The van der Waals surface area contributed by atoms with Gasteiger partial charge in [0.05, 0.1) is 11.2 Å². The molecule has 1 aromatic heterocycles. The Hall–Kier alpha value is -7.23. The third-order valence-corrected chi connectivity index (χ3v) is 12.0. The molecule has 284 valence electrons. The van der Waals surface area contributed by atoms with Crippen LogP contribution in [0.25, 0.3) is 45.1 Å². The predicted molar refractivity (Wildman–Crippen MR) is 249 cm³/mol. The van der Waals surface area contributed by atoms with Crippen LogP contribution < -0.4 is 4.90 Å². The largest absolute Gasteiger partial charge is 0.313 e. The number of allylic oxidation sites excluding steroid dienone is 15. The lowest BCUT2D eigenvalue weighted by Gasteiger charge is -2.25. The molecule has 0 aliphatic heterocycles. The molecule has 59 heavy (non-hydrogen) atoms. The first kappa shape index (κ1) is 36.1. The summed E-state index contributed by atoms with van der Waals surface area (Å²) in [5, 5.41) is 3.35. The Morgan fingerprint density at radius 3 is 2.29 bits per heavy atom. The number of nitrogens with zero attached hydrogens (tertiary/aromatic N) is 2. The van der Waals surface area contributed by atoms with E-state index in [-0.39, 0.29) is 5.91 Å². The fraction of sp³-hybridized carbons (Fsp3) is 0.0893. The molecule has 1 amide bonds. The quantitative estimate of drug-likeness (QED) is 0.117. The molecule has 0 saturated carbocycles. The summed E-state index contributed by atoms with van der Waals surface area (Å²) in [6, 6.07) is 40.5. The maximum absolute atomic E-state index is 14.7. The average Bonchev–Trinajstić information content (AvgIpc) is 3.53. The molecule has 0 spiro atoms. The summed E-state index contributed by atoms with van der Waals surface area (Å²) in [6.45, 7) is 4.42. The zero-order valence-electron chi connectivity index (χ0n) is 33.0. The first-order chi connectivity index (χ1) is 29.1. The molecule has 10 rings (SSSR count). The van der Waals surface area contributed by atoms with E-state index in [1.54, 1.807) is 6.08 Å². The third kappa shape index (κ3) is 6.85. The predicted octanol–water partition coefficient (Wildman–Crippen LogP) is 13.5. The maximum atomic E-state index is 14.7. The van der Waals surface area contributed by atoms with Gasteiger partial charge in [-0.2, -0.15) is 0 Å². The van der Waals surface area contributed by atoms with Crippen LogP contribution in [0.3, 0.4) is 0 Å². The maximum Gasteiger partial charge on any atom is 0.255 e. The van der Waals surface area contributed by atoms with Gasteiger partial charge in [0.2, 0.25) is 0 Å². The van der Waals surface area contributed by atoms with Gasteiger partial charge in [-0.05, 0) is 106 Å². The molecule has 4 aliphatic carbocycles. The molecule has 1 heterocycles. The number of hydrogen-bond acceptors (Lipinski definition) is 1. The molecule has 0 N–H and O–H groups in total. The molecular weight excluding hydrogens is 717 g/mol. The van der Waals surface area contributed by atoms with E-state index in [9.17, 15) is 4.79 Å². The van der Waals surface area contributed by atoms with Gasteiger partial charge in [0.15, 0.2) is 0 Å². The number of rotatable bonds is 7. The normalized spacial score (nSPS) is 15.8.